The highest BCUT2D eigenvalue weighted by atomic mass is 16.5. The molecule has 0 radical (unpaired) electrons. The van der Waals surface area contributed by atoms with Gasteiger partial charge >= 0.3 is 0 Å². The molecule has 2 rings (SSSR count). The fourth-order valence-electron chi connectivity index (χ4n) is 1.77. The molecule has 1 aliphatic rings. The van der Waals surface area contributed by atoms with Crippen molar-refractivity contribution in [2.24, 2.45) is 0 Å². The molecule has 0 aromatic carbocycles. The Kier molecular flexibility index (Phi) is 3.21. The number of rotatable bonds is 2. The average Bonchev–Trinajstić information content (AvgIpc) is 2.28. The average molecular weight is 224 g/mol. The molecule has 1 aliphatic heterocycles. The quantitative estimate of drug-likeness (QED) is 0.708. The first-order valence-corrected chi connectivity index (χ1v) is 5.27. The topological polar surface area (TPSA) is 84.5 Å². The van der Waals surface area contributed by atoms with Crippen LogP contribution in [0.5, 0.6) is 0 Å². The van der Waals surface area contributed by atoms with Crippen LogP contribution in [-0.2, 0) is 4.74 Å². The largest absolute Gasteiger partial charge is 0.394 e. The maximum Gasteiger partial charge on any atom is 0.134 e. The van der Waals surface area contributed by atoms with Gasteiger partial charge in [0, 0.05) is 19.2 Å². The van der Waals surface area contributed by atoms with Crippen LogP contribution in [-0.4, -0.2) is 47.5 Å². The summed E-state index contributed by atoms with van der Waals surface area (Å²) in [5.74, 6) is 1.92. The lowest BCUT2D eigenvalue weighted by atomic mass is 10.3. The molecule has 1 aromatic rings. The minimum absolute atomic E-state index is 0.0239. The predicted molar refractivity (Wildman–Crippen MR) is 60.2 cm³/mol. The van der Waals surface area contributed by atoms with E-state index >= 15 is 0 Å². The number of ether oxygens (including phenoxy) is 1. The molecule has 0 saturated carbocycles. The SMILES string of the molecule is Cc1nc(N)cc(N2CCOC(CO)C2)n1. The number of aryl methyl sites for hydroxylation is 1. The van der Waals surface area contributed by atoms with Crippen molar-refractivity contribution in [2.75, 3.05) is 36.9 Å². The lowest BCUT2D eigenvalue weighted by Crippen LogP contribution is -2.44. The molecule has 6 nitrogen and oxygen atoms in total. The van der Waals surface area contributed by atoms with E-state index in [0.717, 1.165) is 12.4 Å². The first-order chi connectivity index (χ1) is 7.69. The van der Waals surface area contributed by atoms with Crippen molar-refractivity contribution in [3.63, 3.8) is 0 Å². The van der Waals surface area contributed by atoms with Gasteiger partial charge in [0.1, 0.15) is 17.5 Å². The molecule has 0 aliphatic carbocycles. The van der Waals surface area contributed by atoms with Gasteiger partial charge in [0.15, 0.2) is 0 Å². The summed E-state index contributed by atoms with van der Waals surface area (Å²) in [5, 5.41) is 9.06. The Labute approximate surface area is 94.1 Å². The van der Waals surface area contributed by atoms with Crippen LogP contribution in [0.25, 0.3) is 0 Å². The Morgan fingerprint density at radius 2 is 2.44 bits per heavy atom. The molecule has 1 fully saturated rings. The molecule has 1 aromatic heterocycles. The summed E-state index contributed by atoms with van der Waals surface area (Å²) in [5.41, 5.74) is 5.67. The summed E-state index contributed by atoms with van der Waals surface area (Å²) in [6.45, 7) is 3.81. The van der Waals surface area contributed by atoms with Crippen molar-refractivity contribution in [1.82, 2.24) is 9.97 Å². The third-order valence-electron chi connectivity index (χ3n) is 2.51. The highest BCUT2D eigenvalue weighted by Crippen LogP contribution is 2.17. The number of anilines is 2. The van der Waals surface area contributed by atoms with Crippen LogP contribution >= 0.6 is 0 Å². The van der Waals surface area contributed by atoms with Crippen molar-refractivity contribution in [3.8, 4) is 0 Å². The van der Waals surface area contributed by atoms with Gasteiger partial charge in [-0.2, -0.15) is 0 Å². The molecule has 16 heavy (non-hydrogen) atoms. The molecule has 0 amide bonds. The van der Waals surface area contributed by atoms with Gasteiger partial charge < -0.3 is 20.5 Å². The molecule has 6 heteroatoms. The number of nitrogen functional groups attached to an aromatic ring is 1. The number of aliphatic hydroxyl groups is 1. The second-order valence-electron chi connectivity index (χ2n) is 3.82. The first kappa shape index (κ1) is 11.1. The third kappa shape index (κ3) is 2.40. The zero-order chi connectivity index (χ0) is 11.5. The van der Waals surface area contributed by atoms with Crippen LogP contribution in [0.15, 0.2) is 6.07 Å². The number of aliphatic hydroxyl groups excluding tert-OH is 1. The smallest absolute Gasteiger partial charge is 0.134 e. The van der Waals surface area contributed by atoms with Gasteiger partial charge in [-0.25, -0.2) is 9.97 Å². The van der Waals surface area contributed by atoms with E-state index in [4.69, 9.17) is 15.6 Å². The van der Waals surface area contributed by atoms with Crippen molar-refractivity contribution in [1.29, 1.82) is 0 Å². The molecule has 3 N–H and O–H groups in total. The Morgan fingerprint density at radius 3 is 3.12 bits per heavy atom. The van der Waals surface area contributed by atoms with Crippen molar-refractivity contribution in [3.05, 3.63) is 11.9 Å². The normalized spacial score (nSPS) is 21.1. The Hall–Kier alpha value is -1.40. The van der Waals surface area contributed by atoms with Crippen LogP contribution in [0.1, 0.15) is 5.82 Å². The highest BCUT2D eigenvalue weighted by Gasteiger charge is 2.21. The molecule has 1 saturated heterocycles. The molecule has 2 heterocycles. The van der Waals surface area contributed by atoms with Crippen molar-refractivity contribution in [2.45, 2.75) is 13.0 Å². The van der Waals surface area contributed by atoms with Crippen molar-refractivity contribution >= 4 is 11.6 Å². The first-order valence-electron chi connectivity index (χ1n) is 5.27. The Morgan fingerprint density at radius 1 is 1.62 bits per heavy atom. The van der Waals surface area contributed by atoms with Gasteiger partial charge in [0.05, 0.1) is 19.3 Å². The van der Waals surface area contributed by atoms with Crippen LogP contribution in [0.4, 0.5) is 11.6 Å². The number of aromatic nitrogens is 2. The monoisotopic (exact) mass is 224 g/mol. The second-order valence-corrected chi connectivity index (χ2v) is 3.82. The summed E-state index contributed by atoms with van der Waals surface area (Å²) in [6.07, 6.45) is -0.148. The molecular formula is C10H16N4O2. The highest BCUT2D eigenvalue weighted by molar-refractivity contribution is 5.47. The van der Waals surface area contributed by atoms with Crippen LogP contribution in [0.3, 0.4) is 0 Å². The number of hydrogen-bond acceptors (Lipinski definition) is 6. The third-order valence-corrected chi connectivity index (χ3v) is 2.51. The van der Waals surface area contributed by atoms with Crippen LogP contribution in [0.2, 0.25) is 0 Å². The van der Waals surface area contributed by atoms with E-state index in [-0.39, 0.29) is 12.7 Å². The summed E-state index contributed by atoms with van der Waals surface area (Å²) in [4.78, 5) is 10.4. The van der Waals surface area contributed by atoms with Crippen LogP contribution in [0, 0.1) is 6.92 Å². The molecule has 0 bridgehead atoms. The van der Waals surface area contributed by atoms with Gasteiger partial charge in [-0.1, -0.05) is 0 Å². The number of nitrogens with two attached hydrogens (primary N) is 1. The number of nitrogens with zero attached hydrogens (tertiary/aromatic N) is 3. The second kappa shape index (κ2) is 4.63. The molecule has 1 unspecified atom stereocenters. The van der Waals surface area contributed by atoms with Gasteiger partial charge in [-0.05, 0) is 6.92 Å². The fourth-order valence-corrected chi connectivity index (χ4v) is 1.77. The molecule has 88 valence electrons. The van der Waals surface area contributed by atoms with Gasteiger partial charge in [0.2, 0.25) is 0 Å². The van der Waals surface area contributed by atoms with E-state index in [9.17, 15) is 0 Å². The van der Waals surface area contributed by atoms with E-state index < -0.39 is 0 Å². The lowest BCUT2D eigenvalue weighted by molar-refractivity contribution is 0.00335. The molecule has 1 atom stereocenters. The van der Waals surface area contributed by atoms with E-state index in [1.165, 1.54) is 0 Å². The minimum Gasteiger partial charge on any atom is -0.394 e. The number of morpholine rings is 1. The summed E-state index contributed by atoms with van der Waals surface area (Å²) in [7, 11) is 0. The molecule has 0 spiro atoms. The zero-order valence-corrected chi connectivity index (χ0v) is 9.26. The Balaban J connectivity index is 2.16. The summed E-state index contributed by atoms with van der Waals surface area (Å²) in [6, 6.07) is 1.74. The van der Waals surface area contributed by atoms with Gasteiger partial charge in [0.25, 0.3) is 0 Å². The van der Waals surface area contributed by atoms with E-state index in [0.29, 0.717) is 24.8 Å². The van der Waals surface area contributed by atoms with E-state index in [1.54, 1.807) is 6.07 Å². The van der Waals surface area contributed by atoms with Crippen LogP contribution < -0.4 is 10.6 Å². The number of hydrogen-bond donors (Lipinski definition) is 2. The Bertz CT molecular complexity index is 352. The summed E-state index contributed by atoms with van der Waals surface area (Å²) >= 11 is 0. The van der Waals surface area contributed by atoms with Gasteiger partial charge in [-0.3, -0.25) is 0 Å². The standard InChI is InChI=1S/C10H16N4O2/c1-7-12-9(11)4-10(13-7)14-2-3-16-8(5-14)6-15/h4,8,15H,2-3,5-6H2,1H3,(H2,11,12,13). The minimum atomic E-state index is -0.148. The van der Waals surface area contributed by atoms with E-state index in [1.807, 2.05) is 6.92 Å². The summed E-state index contributed by atoms with van der Waals surface area (Å²) < 4.78 is 5.37. The lowest BCUT2D eigenvalue weighted by Gasteiger charge is -2.32. The maximum atomic E-state index is 9.06. The van der Waals surface area contributed by atoms with Crippen molar-refractivity contribution < 1.29 is 9.84 Å². The maximum absolute atomic E-state index is 9.06. The zero-order valence-electron chi connectivity index (χ0n) is 9.26. The predicted octanol–water partition coefficient (Wildman–Crippen LogP) is -0.435. The molecular weight excluding hydrogens is 208 g/mol. The van der Waals surface area contributed by atoms with Gasteiger partial charge in [-0.15, -0.1) is 0 Å². The fraction of sp³-hybridized carbons (Fsp3) is 0.600. The van der Waals surface area contributed by atoms with E-state index in [2.05, 4.69) is 14.9 Å².